The fourth-order valence-electron chi connectivity index (χ4n) is 4.72. The van der Waals surface area contributed by atoms with E-state index < -0.39 is 41.9 Å². The summed E-state index contributed by atoms with van der Waals surface area (Å²) in [4.78, 5) is 32.4. The van der Waals surface area contributed by atoms with E-state index in [0.29, 0.717) is 23.6 Å². The molecule has 3 rings (SSSR count). The maximum atomic E-state index is 15.0. The average Bonchev–Trinajstić information content (AvgIpc) is 3.32. The minimum atomic E-state index is -0.786. The number of nitrogens with zero attached hydrogens (tertiary/aromatic N) is 3. The second kappa shape index (κ2) is 13.8. The molecule has 0 bridgehead atoms. The van der Waals surface area contributed by atoms with Crippen LogP contribution in [0.3, 0.4) is 0 Å². The average molecular weight is 569 g/mol. The molecule has 0 aliphatic heterocycles. The molecule has 0 radical (unpaired) electrons. The monoisotopic (exact) mass is 568 g/mol. The number of nitrogens with one attached hydrogen (secondary N) is 1. The molecule has 8 nitrogen and oxygen atoms in total. The van der Waals surface area contributed by atoms with Gasteiger partial charge in [-0.1, -0.05) is 62.7 Å². The predicted octanol–water partition coefficient (Wildman–Crippen LogP) is 4.11. The Balaban J connectivity index is 2.16. The molecular weight excluding hydrogens is 526 g/mol. The van der Waals surface area contributed by atoms with E-state index in [2.05, 4.69) is 5.32 Å². The standard InChI is InChI=1S/C31H42F2N6O2/c1-20-11-12-25(33)24(15-20)26-19-38(18-22-9-7-6-8-10-22)29(37-26)28(31(3,4)5)39(14-13-23(35)16-32)27(40)17-36-30(41)21(2)34/h6-12,15,19,21,23,28H,13-14,16-18,34-35H2,1-5H3,(H,36,41). The Morgan fingerprint density at radius 3 is 2.41 bits per heavy atom. The molecule has 0 aliphatic carbocycles. The third-order valence-corrected chi connectivity index (χ3v) is 6.86. The van der Waals surface area contributed by atoms with Gasteiger partial charge in [0.15, 0.2) is 0 Å². The number of alkyl halides is 1. The number of hydrogen-bond donors (Lipinski definition) is 3. The van der Waals surface area contributed by atoms with E-state index in [1.54, 1.807) is 23.2 Å². The highest BCUT2D eigenvalue weighted by atomic mass is 19.1. The number of carbonyl (C=O) groups is 2. The van der Waals surface area contributed by atoms with Gasteiger partial charge in [-0.05, 0) is 43.4 Å². The summed E-state index contributed by atoms with van der Waals surface area (Å²) < 4.78 is 30.3. The fourth-order valence-corrected chi connectivity index (χ4v) is 4.72. The predicted molar refractivity (Wildman–Crippen MR) is 157 cm³/mol. The van der Waals surface area contributed by atoms with Crippen molar-refractivity contribution in [1.29, 1.82) is 0 Å². The number of benzene rings is 2. The molecule has 222 valence electrons. The van der Waals surface area contributed by atoms with Gasteiger partial charge >= 0.3 is 0 Å². The van der Waals surface area contributed by atoms with Gasteiger partial charge in [0.05, 0.1) is 24.3 Å². The summed E-state index contributed by atoms with van der Waals surface area (Å²) in [6.45, 7) is 8.87. The second-order valence-electron chi connectivity index (χ2n) is 11.6. The van der Waals surface area contributed by atoms with Crippen molar-refractivity contribution in [3.8, 4) is 11.3 Å². The fraction of sp³-hybridized carbons (Fsp3) is 0.452. The van der Waals surface area contributed by atoms with E-state index >= 15 is 4.39 Å². The van der Waals surface area contributed by atoms with Crippen molar-refractivity contribution in [2.24, 2.45) is 16.9 Å². The molecule has 0 spiro atoms. The van der Waals surface area contributed by atoms with E-state index in [0.717, 1.165) is 11.1 Å². The Kier molecular flexibility index (Phi) is 10.8. The molecule has 0 saturated carbocycles. The van der Waals surface area contributed by atoms with Crippen molar-refractivity contribution in [2.75, 3.05) is 19.8 Å². The van der Waals surface area contributed by atoms with Crippen LogP contribution in [0.1, 0.15) is 57.1 Å². The lowest BCUT2D eigenvalue weighted by molar-refractivity contribution is -0.137. The van der Waals surface area contributed by atoms with Gasteiger partial charge in [0.2, 0.25) is 11.8 Å². The third-order valence-electron chi connectivity index (χ3n) is 6.86. The lowest BCUT2D eigenvalue weighted by Crippen LogP contribution is -2.49. The van der Waals surface area contributed by atoms with Gasteiger partial charge in [-0.25, -0.2) is 13.8 Å². The molecule has 3 aromatic rings. The molecule has 3 unspecified atom stereocenters. The number of nitrogens with two attached hydrogens (primary N) is 2. The number of aryl methyl sites for hydroxylation is 1. The Hall–Kier alpha value is -3.63. The van der Waals surface area contributed by atoms with Crippen molar-refractivity contribution in [3.63, 3.8) is 0 Å². The lowest BCUT2D eigenvalue weighted by Gasteiger charge is -2.40. The lowest BCUT2D eigenvalue weighted by atomic mass is 9.84. The number of hydrogen-bond acceptors (Lipinski definition) is 5. The molecule has 2 aromatic carbocycles. The Morgan fingerprint density at radius 1 is 1.12 bits per heavy atom. The van der Waals surface area contributed by atoms with Crippen molar-refractivity contribution in [1.82, 2.24) is 19.8 Å². The van der Waals surface area contributed by atoms with Crippen LogP contribution in [0.15, 0.2) is 54.7 Å². The van der Waals surface area contributed by atoms with Crippen LogP contribution in [0.2, 0.25) is 0 Å². The number of carbonyl (C=O) groups excluding carboxylic acids is 2. The van der Waals surface area contributed by atoms with Crippen molar-refractivity contribution in [2.45, 2.75) is 65.7 Å². The number of amides is 2. The van der Waals surface area contributed by atoms with E-state index in [1.807, 2.05) is 62.6 Å². The van der Waals surface area contributed by atoms with Crippen LogP contribution in [0.5, 0.6) is 0 Å². The first-order valence-electron chi connectivity index (χ1n) is 13.8. The maximum absolute atomic E-state index is 15.0. The van der Waals surface area contributed by atoms with E-state index in [1.165, 1.54) is 13.0 Å². The summed E-state index contributed by atoms with van der Waals surface area (Å²) in [5, 5.41) is 2.58. The van der Waals surface area contributed by atoms with Crippen molar-refractivity contribution < 1.29 is 18.4 Å². The summed E-state index contributed by atoms with van der Waals surface area (Å²) in [5.74, 6) is -0.714. The van der Waals surface area contributed by atoms with Crippen LogP contribution in [0.4, 0.5) is 8.78 Å². The van der Waals surface area contributed by atoms with Crippen molar-refractivity contribution >= 4 is 11.8 Å². The Bertz CT molecular complexity index is 1320. The van der Waals surface area contributed by atoms with E-state index in [4.69, 9.17) is 16.5 Å². The third kappa shape index (κ3) is 8.43. The van der Waals surface area contributed by atoms with Crippen LogP contribution in [0.25, 0.3) is 11.3 Å². The zero-order chi connectivity index (χ0) is 30.3. The molecule has 0 aliphatic rings. The van der Waals surface area contributed by atoms with E-state index in [-0.39, 0.29) is 25.4 Å². The Labute approximate surface area is 241 Å². The van der Waals surface area contributed by atoms with Crippen LogP contribution in [-0.2, 0) is 16.1 Å². The summed E-state index contributed by atoms with van der Waals surface area (Å²) >= 11 is 0. The minimum Gasteiger partial charge on any atom is -0.346 e. The van der Waals surface area contributed by atoms with Gasteiger partial charge in [-0.3, -0.25) is 9.59 Å². The highest BCUT2D eigenvalue weighted by Gasteiger charge is 2.38. The zero-order valence-electron chi connectivity index (χ0n) is 24.5. The minimum absolute atomic E-state index is 0.131. The molecule has 2 amide bonds. The van der Waals surface area contributed by atoms with E-state index in [9.17, 15) is 14.0 Å². The molecular formula is C31H42F2N6O2. The molecule has 1 heterocycles. The molecule has 41 heavy (non-hydrogen) atoms. The zero-order valence-corrected chi connectivity index (χ0v) is 24.5. The topological polar surface area (TPSA) is 119 Å². The smallest absolute Gasteiger partial charge is 0.242 e. The van der Waals surface area contributed by atoms with Crippen LogP contribution >= 0.6 is 0 Å². The van der Waals surface area contributed by atoms with Crippen molar-refractivity contribution in [3.05, 3.63) is 77.5 Å². The molecule has 0 fully saturated rings. The number of rotatable bonds is 12. The highest BCUT2D eigenvalue weighted by molar-refractivity contribution is 5.87. The van der Waals surface area contributed by atoms with Crippen LogP contribution in [-0.4, -0.2) is 58.1 Å². The SMILES string of the molecule is Cc1ccc(F)c(-c2cn(Cc3ccccc3)c(C(N(CCC(N)CF)C(=O)CNC(=O)C(C)N)C(C)(C)C)n2)c1. The first-order valence-corrected chi connectivity index (χ1v) is 13.8. The van der Waals surface area contributed by atoms with Gasteiger partial charge in [0.1, 0.15) is 18.3 Å². The number of imidazole rings is 1. The summed E-state index contributed by atoms with van der Waals surface area (Å²) in [7, 11) is 0. The summed E-state index contributed by atoms with van der Waals surface area (Å²) in [6, 6.07) is 12.4. The second-order valence-corrected chi connectivity index (χ2v) is 11.6. The number of aromatic nitrogens is 2. The Morgan fingerprint density at radius 2 is 1.80 bits per heavy atom. The maximum Gasteiger partial charge on any atom is 0.242 e. The summed E-state index contributed by atoms with van der Waals surface area (Å²) in [6.07, 6.45) is 2.00. The molecule has 1 aromatic heterocycles. The van der Waals surface area contributed by atoms with Crippen LogP contribution < -0.4 is 16.8 Å². The van der Waals surface area contributed by atoms with Gasteiger partial charge in [-0.2, -0.15) is 0 Å². The van der Waals surface area contributed by atoms with Gasteiger partial charge in [0.25, 0.3) is 0 Å². The van der Waals surface area contributed by atoms with Crippen LogP contribution in [0, 0.1) is 18.2 Å². The summed E-state index contributed by atoms with van der Waals surface area (Å²) in [5.41, 5.74) is 13.7. The quantitative estimate of drug-likeness (QED) is 0.304. The largest absolute Gasteiger partial charge is 0.346 e. The first kappa shape index (κ1) is 31.9. The van der Waals surface area contributed by atoms with Gasteiger partial charge < -0.3 is 26.3 Å². The number of halogens is 2. The highest BCUT2D eigenvalue weighted by Crippen LogP contribution is 2.39. The van der Waals surface area contributed by atoms with Gasteiger partial charge in [-0.15, -0.1) is 0 Å². The molecule has 3 atom stereocenters. The van der Waals surface area contributed by atoms with Gasteiger partial charge in [0, 0.05) is 30.9 Å². The molecule has 0 saturated heterocycles. The normalized spacial score (nSPS) is 13.9. The first-order chi connectivity index (χ1) is 19.3. The molecule has 10 heteroatoms. The molecule has 5 N–H and O–H groups in total.